The van der Waals surface area contributed by atoms with Crippen molar-refractivity contribution in [2.75, 3.05) is 0 Å². The average molecular weight is 301 g/mol. The van der Waals surface area contributed by atoms with Gasteiger partial charge in [0.05, 0.1) is 5.56 Å². The molecule has 1 rings (SSSR count). The van der Waals surface area contributed by atoms with Gasteiger partial charge in [-0.05, 0) is 22.6 Å². The van der Waals surface area contributed by atoms with Crippen molar-refractivity contribution in [2.24, 2.45) is 0 Å². The number of alkyl halides is 3. The molecule has 2 nitrogen and oxygen atoms in total. The van der Waals surface area contributed by atoms with Crippen molar-refractivity contribution in [3.05, 3.63) is 27.1 Å². The topological polar surface area (TPSA) is 30.0 Å². The second-order valence-corrected chi connectivity index (χ2v) is 3.36. The maximum absolute atomic E-state index is 12.3. The van der Waals surface area contributed by atoms with E-state index in [4.69, 9.17) is 0 Å². The summed E-state index contributed by atoms with van der Waals surface area (Å²) in [5.41, 5.74) is -1.35. The van der Waals surface area contributed by atoms with E-state index < -0.39 is 17.3 Å². The van der Waals surface area contributed by atoms with Gasteiger partial charge in [-0.3, -0.25) is 9.78 Å². The van der Waals surface area contributed by atoms with Gasteiger partial charge in [-0.25, -0.2) is 0 Å². The molecule has 0 amide bonds. The number of carbonyl (C=O) groups excluding carboxylic acids is 1. The third kappa shape index (κ3) is 2.17. The van der Waals surface area contributed by atoms with Gasteiger partial charge in [-0.2, -0.15) is 13.2 Å². The Balaban J connectivity index is 3.40. The van der Waals surface area contributed by atoms with Crippen LogP contribution in [0.5, 0.6) is 0 Å². The van der Waals surface area contributed by atoms with Gasteiger partial charge in [0.2, 0.25) is 0 Å². The Morgan fingerprint density at radius 2 is 2.00 bits per heavy atom. The molecule has 0 N–H and O–H groups in total. The highest BCUT2D eigenvalue weighted by Crippen LogP contribution is 2.34. The molecule has 0 unspecified atom stereocenters. The van der Waals surface area contributed by atoms with Crippen LogP contribution >= 0.6 is 22.6 Å². The van der Waals surface area contributed by atoms with Crippen molar-refractivity contribution >= 4 is 28.9 Å². The monoisotopic (exact) mass is 301 g/mol. The Hall–Kier alpha value is -0.660. The molecule has 0 aromatic carbocycles. The molecule has 0 fully saturated rings. The number of aromatic nitrogens is 1. The fourth-order valence-corrected chi connectivity index (χ4v) is 1.62. The Kier molecular flexibility index (Phi) is 2.89. The second kappa shape index (κ2) is 3.60. The fourth-order valence-electron chi connectivity index (χ4n) is 0.838. The molecular weight excluding hydrogens is 298 g/mol. The van der Waals surface area contributed by atoms with E-state index in [1.54, 1.807) is 0 Å². The van der Waals surface area contributed by atoms with Gasteiger partial charge in [-0.1, -0.05) is 0 Å². The van der Waals surface area contributed by atoms with Gasteiger partial charge in [0, 0.05) is 21.5 Å². The van der Waals surface area contributed by atoms with Crippen molar-refractivity contribution in [2.45, 2.75) is 6.18 Å². The summed E-state index contributed by atoms with van der Waals surface area (Å²) < 4.78 is 36.8. The van der Waals surface area contributed by atoms with Gasteiger partial charge < -0.3 is 0 Å². The summed E-state index contributed by atoms with van der Waals surface area (Å²) in [6.45, 7) is 0. The molecule has 0 atom stereocenters. The molecule has 0 aliphatic carbocycles. The number of hydrogen-bond acceptors (Lipinski definition) is 2. The van der Waals surface area contributed by atoms with Crippen LogP contribution in [0.4, 0.5) is 13.2 Å². The van der Waals surface area contributed by atoms with Crippen molar-refractivity contribution in [3.8, 4) is 0 Å². The standard InChI is InChI=1S/C7H3F3INO/c8-7(9,10)6-4(3-13)1-12-2-5(6)11/h1-3H. The summed E-state index contributed by atoms with van der Waals surface area (Å²) in [5.74, 6) is 0. The highest BCUT2D eigenvalue weighted by Gasteiger charge is 2.35. The summed E-state index contributed by atoms with van der Waals surface area (Å²) in [4.78, 5) is 13.8. The summed E-state index contributed by atoms with van der Waals surface area (Å²) in [5, 5.41) is 0. The molecule has 70 valence electrons. The minimum Gasteiger partial charge on any atom is -0.298 e. The lowest BCUT2D eigenvalue weighted by atomic mass is 10.1. The maximum atomic E-state index is 12.3. The molecular formula is C7H3F3INO. The fraction of sp³-hybridized carbons (Fsp3) is 0.143. The van der Waals surface area contributed by atoms with Crippen LogP contribution < -0.4 is 0 Å². The first-order chi connectivity index (χ1) is 5.96. The Bertz CT molecular complexity index is 337. The molecule has 0 radical (unpaired) electrons. The first-order valence-corrected chi connectivity index (χ1v) is 4.20. The van der Waals surface area contributed by atoms with Gasteiger partial charge >= 0.3 is 6.18 Å². The van der Waals surface area contributed by atoms with Crippen molar-refractivity contribution in [1.29, 1.82) is 0 Å². The summed E-state index contributed by atoms with van der Waals surface area (Å²) in [7, 11) is 0. The van der Waals surface area contributed by atoms with Crippen LogP contribution in [0.15, 0.2) is 12.4 Å². The van der Waals surface area contributed by atoms with Crippen molar-refractivity contribution in [1.82, 2.24) is 4.98 Å². The van der Waals surface area contributed by atoms with E-state index in [-0.39, 0.29) is 9.86 Å². The molecule has 6 heteroatoms. The van der Waals surface area contributed by atoms with Gasteiger partial charge in [0.1, 0.15) is 0 Å². The number of rotatable bonds is 1. The van der Waals surface area contributed by atoms with E-state index in [9.17, 15) is 18.0 Å². The van der Waals surface area contributed by atoms with Crippen LogP contribution in [-0.4, -0.2) is 11.3 Å². The van der Waals surface area contributed by atoms with Crippen LogP contribution in [0.1, 0.15) is 15.9 Å². The number of halogens is 4. The molecule has 0 bridgehead atoms. The molecule has 1 aromatic heterocycles. The van der Waals surface area contributed by atoms with Crippen LogP contribution in [0, 0.1) is 3.57 Å². The Labute approximate surface area is 85.3 Å². The predicted molar refractivity (Wildman–Crippen MR) is 47.3 cm³/mol. The van der Waals surface area contributed by atoms with E-state index in [0.29, 0.717) is 0 Å². The lowest BCUT2D eigenvalue weighted by molar-refractivity contribution is -0.138. The van der Waals surface area contributed by atoms with Gasteiger partial charge in [0.25, 0.3) is 0 Å². The zero-order valence-electron chi connectivity index (χ0n) is 6.10. The Morgan fingerprint density at radius 3 is 2.38 bits per heavy atom. The summed E-state index contributed by atoms with van der Waals surface area (Å²) in [6, 6.07) is 0. The van der Waals surface area contributed by atoms with Crippen LogP contribution in [0.25, 0.3) is 0 Å². The molecule has 0 saturated heterocycles. The van der Waals surface area contributed by atoms with Crippen molar-refractivity contribution in [3.63, 3.8) is 0 Å². The number of nitrogens with zero attached hydrogens (tertiary/aromatic N) is 1. The van der Waals surface area contributed by atoms with E-state index in [0.717, 1.165) is 12.4 Å². The normalized spacial score (nSPS) is 11.4. The highest BCUT2D eigenvalue weighted by molar-refractivity contribution is 14.1. The molecule has 0 aliphatic heterocycles. The summed E-state index contributed by atoms with van der Waals surface area (Å²) in [6.07, 6.45) is -2.39. The Morgan fingerprint density at radius 1 is 1.38 bits per heavy atom. The molecule has 1 heterocycles. The number of hydrogen-bond donors (Lipinski definition) is 0. The third-order valence-corrected chi connectivity index (χ3v) is 2.16. The smallest absolute Gasteiger partial charge is 0.298 e. The van der Waals surface area contributed by atoms with Gasteiger partial charge in [-0.15, -0.1) is 0 Å². The maximum Gasteiger partial charge on any atom is 0.418 e. The van der Waals surface area contributed by atoms with E-state index >= 15 is 0 Å². The zero-order chi connectivity index (χ0) is 10.1. The minimum absolute atomic E-state index is 0.0744. The molecule has 13 heavy (non-hydrogen) atoms. The van der Waals surface area contributed by atoms with E-state index in [1.165, 1.54) is 22.6 Å². The summed E-state index contributed by atoms with van der Waals surface area (Å²) >= 11 is 1.49. The van der Waals surface area contributed by atoms with E-state index in [1.807, 2.05) is 0 Å². The number of aldehydes is 1. The lowest BCUT2D eigenvalue weighted by Gasteiger charge is -2.10. The van der Waals surface area contributed by atoms with Gasteiger partial charge in [0.15, 0.2) is 6.29 Å². The zero-order valence-corrected chi connectivity index (χ0v) is 8.26. The van der Waals surface area contributed by atoms with Crippen LogP contribution in [0.3, 0.4) is 0 Å². The highest BCUT2D eigenvalue weighted by atomic mass is 127. The van der Waals surface area contributed by atoms with E-state index in [2.05, 4.69) is 4.98 Å². The lowest BCUT2D eigenvalue weighted by Crippen LogP contribution is -2.11. The van der Waals surface area contributed by atoms with Crippen LogP contribution in [-0.2, 0) is 6.18 Å². The predicted octanol–water partition coefficient (Wildman–Crippen LogP) is 2.52. The van der Waals surface area contributed by atoms with Crippen LogP contribution in [0.2, 0.25) is 0 Å². The molecule has 0 aliphatic rings. The van der Waals surface area contributed by atoms with Crippen molar-refractivity contribution < 1.29 is 18.0 Å². The first kappa shape index (κ1) is 10.4. The third-order valence-electron chi connectivity index (χ3n) is 1.34. The number of carbonyl (C=O) groups is 1. The second-order valence-electron chi connectivity index (χ2n) is 2.20. The first-order valence-electron chi connectivity index (χ1n) is 3.12. The quantitative estimate of drug-likeness (QED) is 0.589. The molecule has 0 spiro atoms. The molecule has 0 saturated carbocycles. The SMILES string of the molecule is O=Cc1cncc(I)c1C(F)(F)F. The minimum atomic E-state index is -4.50. The average Bonchev–Trinajstić information content (AvgIpc) is 2.01. The molecule has 1 aromatic rings. The largest absolute Gasteiger partial charge is 0.418 e. The number of pyridine rings is 1.